The van der Waals surface area contributed by atoms with E-state index in [1.165, 1.54) is 22.5 Å². The Morgan fingerprint density at radius 1 is 1.00 bits per heavy atom. The summed E-state index contributed by atoms with van der Waals surface area (Å²) in [5.74, 6) is 0.703. The van der Waals surface area contributed by atoms with E-state index in [4.69, 9.17) is 5.10 Å². The summed E-state index contributed by atoms with van der Waals surface area (Å²) >= 11 is 0. The Balaban J connectivity index is 1.30. The number of amides is 1. The van der Waals surface area contributed by atoms with Crippen LogP contribution in [0.3, 0.4) is 0 Å². The van der Waals surface area contributed by atoms with E-state index in [0.717, 1.165) is 44.0 Å². The molecule has 0 spiro atoms. The minimum Gasteiger partial charge on any atom is -0.368 e. The number of piperazine rings is 1. The minimum absolute atomic E-state index is 0.158. The highest BCUT2D eigenvalue weighted by Crippen LogP contribution is 2.22. The van der Waals surface area contributed by atoms with Crippen LogP contribution in [0.25, 0.3) is 5.69 Å². The molecule has 3 aromatic rings. The Morgan fingerprint density at radius 3 is 2.41 bits per heavy atom. The zero-order chi connectivity index (χ0) is 24.1. The van der Waals surface area contributed by atoms with Crippen LogP contribution in [0.5, 0.6) is 0 Å². The van der Waals surface area contributed by atoms with Crippen molar-refractivity contribution in [3.8, 4) is 5.69 Å². The van der Waals surface area contributed by atoms with E-state index in [0.29, 0.717) is 19.0 Å². The van der Waals surface area contributed by atoms with Gasteiger partial charge in [0.05, 0.1) is 17.9 Å². The lowest BCUT2D eigenvalue weighted by atomic mass is 10.1. The maximum atomic E-state index is 12.8. The third kappa shape index (κ3) is 5.86. The molecule has 34 heavy (non-hydrogen) atoms. The van der Waals surface area contributed by atoms with Crippen LogP contribution in [-0.2, 0) is 17.8 Å². The Labute approximate surface area is 203 Å². The van der Waals surface area contributed by atoms with Gasteiger partial charge < -0.3 is 15.1 Å². The summed E-state index contributed by atoms with van der Waals surface area (Å²) in [6, 6.07) is 19.0. The predicted octanol–water partition coefficient (Wildman–Crippen LogP) is 4.13. The summed E-state index contributed by atoms with van der Waals surface area (Å²) in [6.07, 6.45) is 0.964. The Bertz CT molecular complexity index is 1100. The second-order valence-corrected chi connectivity index (χ2v) is 9.73. The lowest BCUT2D eigenvalue weighted by molar-refractivity contribution is -0.130. The van der Waals surface area contributed by atoms with E-state index < -0.39 is 0 Å². The number of aryl methyl sites for hydroxylation is 2. The summed E-state index contributed by atoms with van der Waals surface area (Å²) in [5.41, 5.74) is 7.10. The van der Waals surface area contributed by atoms with Gasteiger partial charge in [-0.15, -0.1) is 0 Å². The molecule has 1 aliphatic rings. The fraction of sp³-hybridized carbons (Fsp3) is 0.429. The van der Waals surface area contributed by atoms with Crippen LogP contribution in [0.1, 0.15) is 36.4 Å². The van der Waals surface area contributed by atoms with Crippen LogP contribution in [0.4, 0.5) is 5.69 Å². The fourth-order valence-electron chi connectivity index (χ4n) is 4.68. The topological polar surface area (TPSA) is 53.4 Å². The van der Waals surface area contributed by atoms with Crippen molar-refractivity contribution >= 4 is 11.6 Å². The molecular weight excluding hydrogens is 422 g/mol. The number of aromatic nitrogens is 2. The number of rotatable bonds is 8. The molecule has 1 saturated heterocycles. The third-order valence-corrected chi connectivity index (χ3v) is 6.36. The molecule has 4 rings (SSSR count). The van der Waals surface area contributed by atoms with E-state index in [2.05, 4.69) is 74.3 Å². The molecule has 180 valence electrons. The van der Waals surface area contributed by atoms with Gasteiger partial charge in [-0.2, -0.15) is 5.10 Å². The van der Waals surface area contributed by atoms with Gasteiger partial charge in [-0.05, 0) is 56.0 Å². The maximum absolute atomic E-state index is 12.8. The molecule has 1 fully saturated rings. The molecule has 0 unspecified atom stereocenters. The summed E-state index contributed by atoms with van der Waals surface area (Å²) < 4.78 is 2.03. The highest BCUT2D eigenvalue weighted by atomic mass is 16.2. The van der Waals surface area contributed by atoms with Gasteiger partial charge in [0.2, 0.25) is 5.91 Å². The average Bonchev–Trinajstić information content (AvgIpc) is 3.21. The van der Waals surface area contributed by atoms with Crippen LogP contribution in [-0.4, -0.2) is 53.3 Å². The zero-order valence-corrected chi connectivity index (χ0v) is 20.9. The third-order valence-electron chi connectivity index (χ3n) is 6.36. The highest BCUT2D eigenvalue weighted by Gasteiger charge is 2.22. The Hall–Kier alpha value is -3.12. The van der Waals surface area contributed by atoms with Crippen molar-refractivity contribution in [1.29, 1.82) is 0 Å². The van der Waals surface area contributed by atoms with Gasteiger partial charge >= 0.3 is 0 Å². The fourth-order valence-corrected chi connectivity index (χ4v) is 4.68. The first-order chi connectivity index (χ1) is 16.4. The van der Waals surface area contributed by atoms with E-state index in [-0.39, 0.29) is 5.91 Å². The largest absolute Gasteiger partial charge is 0.368 e. The van der Waals surface area contributed by atoms with Crippen molar-refractivity contribution in [3.05, 3.63) is 77.1 Å². The summed E-state index contributed by atoms with van der Waals surface area (Å²) in [4.78, 5) is 17.2. The molecule has 2 heterocycles. The van der Waals surface area contributed by atoms with Gasteiger partial charge in [-0.3, -0.25) is 4.79 Å². The Kier molecular flexibility index (Phi) is 7.68. The number of para-hydroxylation sites is 1. The highest BCUT2D eigenvalue weighted by molar-refractivity contribution is 5.78. The molecule has 0 aliphatic carbocycles. The summed E-state index contributed by atoms with van der Waals surface area (Å²) in [6.45, 7) is 12.9. The Morgan fingerprint density at radius 2 is 1.74 bits per heavy atom. The smallest absolute Gasteiger partial charge is 0.236 e. The first kappa shape index (κ1) is 24.0. The minimum atomic E-state index is 0.158. The van der Waals surface area contributed by atoms with Crippen molar-refractivity contribution < 1.29 is 4.79 Å². The van der Waals surface area contributed by atoms with Gasteiger partial charge in [-0.1, -0.05) is 49.7 Å². The molecule has 1 amide bonds. The van der Waals surface area contributed by atoms with Crippen molar-refractivity contribution in [1.82, 2.24) is 20.0 Å². The first-order valence-corrected chi connectivity index (χ1v) is 12.3. The second-order valence-electron chi connectivity index (χ2n) is 9.73. The first-order valence-electron chi connectivity index (χ1n) is 12.3. The van der Waals surface area contributed by atoms with E-state index in [1.807, 2.05) is 27.8 Å². The van der Waals surface area contributed by atoms with E-state index >= 15 is 0 Å². The lowest BCUT2D eigenvalue weighted by Crippen LogP contribution is -2.51. The van der Waals surface area contributed by atoms with Crippen molar-refractivity contribution in [2.45, 2.75) is 40.7 Å². The molecule has 0 saturated carbocycles. The number of nitrogens with one attached hydrogen (secondary N) is 1. The average molecular weight is 460 g/mol. The van der Waals surface area contributed by atoms with Crippen LogP contribution in [0.2, 0.25) is 0 Å². The normalized spacial score (nSPS) is 14.1. The number of benzene rings is 2. The van der Waals surface area contributed by atoms with Crippen LogP contribution < -0.4 is 10.2 Å². The van der Waals surface area contributed by atoms with Crippen molar-refractivity contribution in [3.63, 3.8) is 0 Å². The SMILES string of the molecule is Cc1ccc(N2CCN(C(=O)CNCc3cc(CC(C)C)n(-c4ccccc4)n3)CC2)c(C)c1. The van der Waals surface area contributed by atoms with E-state index in [9.17, 15) is 4.79 Å². The van der Waals surface area contributed by atoms with Gasteiger partial charge in [0.15, 0.2) is 0 Å². The standard InChI is InChI=1S/C28H37N5O/c1-21(2)16-26-18-24(30-33(26)25-8-6-5-7-9-25)19-29-20-28(34)32-14-12-31(13-15-32)27-11-10-22(3)17-23(27)4/h5-11,17-18,21,29H,12-16,19-20H2,1-4H3. The molecule has 0 atom stereocenters. The maximum Gasteiger partial charge on any atom is 0.236 e. The molecule has 1 aliphatic heterocycles. The lowest BCUT2D eigenvalue weighted by Gasteiger charge is -2.37. The van der Waals surface area contributed by atoms with Gasteiger partial charge in [0.1, 0.15) is 0 Å². The number of carbonyl (C=O) groups excluding carboxylic acids is 1. The molecule has 0 radical (unpaired) electrons. The molecule has 0 bridgehead atoms. The number of nitrogens with zero attached hydrogens (tertiary/aromatic N) is 4. The molecule has 1 aromatic heterocycles. The van der Waals surface area contributed by atoms with Crippen LogP contribution in [0.15, 0.2) is 54.6 Å². The van der Waals surface area contributed by atoms with Gasteiger partial charge in [-0.25, -0.2) is 4.68 Å². The molecule has 6 heteroatoms. The van der Waals surface area contributed by atoms with Gasteiger partial charge in [0.25, 0.3) is 0 Å². The van der Waals surface area contributed by atoms with Gasteiger partial charge in [0, 0.05) is 44.1 Å². The second kappa shape index (κ2) is 10.9. The quantitative estimate of drug-likeness (QED) is 0.550. The number of anilines is 1. The van der Waals surface area contributed by atoms with Crippen LogP contribution in [0, 0.1) is 19.8 Å². The molecule has 2 aromatic carbocycles. The molecular formula is C28H37N5O. The molecule has 6 nitrogen and oxygen atoms in total. The monoisotopic (exact) mass is 459 g/mol. The predicted molar refractivity (Wildman–Crippen MR) is 139 cm³/mol. The van der Waals surface area contributed by atoms with Crippen LogP contribution >= 0.6 is 0 Å². The molecule has 1 N–H and O–H groups in total. The summed E-state index contributed by atoms with van der Waals surface area (Å²) in [5, 5.41) is 8.15. The zero-order valence-electron chi connectivity index (χ0n) is 20.9. The number of hydrogen-bond donors (Lipinski definition) is 1. The summed E-state index contributed by atoms with van der Waals surface area (Å²) in [7, 11) is 0. The van der Waals surface area contributed by atoms with Crippen molar-refractivity contribution in [2.75, 3.05) is 37.6 Å². The van der Waals surface area contributed by atoms with E-state index in [1.54, 1.807) is 0 Å². The number of hydrogen-bond acceptors (Lipinski definition) is 4. The number of carbonyl (C=O) groups is 1. The van der Waals surface area contributed by atoms with Crippen molar-refractivity contribution in [2.24, 2.45) is 5.92 Å².